The molecular formula is C15H21N3O. The van der Waals surface area contributed by atoms with Gasteiger partial charge in [-0.3, -0.25) is 4.79 Å². The number of nitrogens with zero attached hydrogens (tertiary/aromatic N) is 2. The number of piperidine rings is 1. The Morgan fingerprint density at radius 2 is 2.11 bits per heavy atom. The van der Waals surface area contributed by atoms with Crippen LogP contribution in [0.25, 0.3) is 0 Å². The summed E-state index contributed by atoms with van der Waals surface area (Å²) in [5.74, 6) is 1.66. The lowest BCUT2D eigenvalue weighted by Crippen LogP contribution is -2.36. The second-order valence-corrected chi connectivity index (χ2v) is 5.58. The van der Waals surface area contributed by atoms with Crippen molar-refractivity contribution >= 4 is 11.7 Å². The number of carbonyl (C=O) groups is 1. The highest BCUT2D eigenvalue weighted by molar-refractivity contribution is 5.98. The molecule has 102 valence electrons. The van der Waals surface area contributed by atoms with Crippen molar-refractivity contribution in [1.82, 2.24) is 9.88 Å². The number of hydrogen-bond acceptors (Lipinski definition) is 3. The molecule has 1 aliphatic carbocycles. The van der Waals surface area contributed by atoms with E-state index in [1.807, 2.05) is 17.0 Å². The molecule has 1 amide bonds. The van der Waals surface area contributed by atoms with Crippen LogP contribution in [0.5, 0.6) is 0 Å². The molecule has 0 aromatic carbocycles. The Morgan fingerprint density at radius 3 is 2.84 bits per heavy atom. The molecule has 0 atom stereocenters. The van der Waals surface area contributed by atoms with Crippen LogP contribution in [0.4, 0.5) is 5.82 Å². The van der Waals surface area contributed by atoms with E-state index in [0.717, 1.165) is 49.8 Å². The molecule has 0 bridgehead atoms. The van der Waals surface area contributed by atoms with Crippen molar-refractivity contribution in [1.29, 1.82) is 0 Å². The minimum atomic E-state index is 0.131. The van der Waals surface area contributed by atoms with Gasteiger partial charge in [0.2, 0.25) is 0 Å². The SMILES string of the molecule is O=C(c1cccnc1NCC1CC1)N1CCCCC1. The van der Waals surface area contributed by atoms with Gasteiger partial charge < -0.3 is 10.2 Å². The third-order valence-electron chi connectivity index (χ3n) is 3.94. The Hall–Kier alpha value is -1.58. The third-order valence-corrected chi connectivity index (χ3v) is 3.94. The van der Waals surface area contributed by atoms with Crippen molar-refractivity contribution in [3.8, 4) is 0 Å². The minimum Gasteiger partial charge on any atom is -0.369 e. The maximum absolute atomic E-state index is 12.5. The summed E-state index contributed by atoms with van der Waals surface area (Å²) in [6.07, 6.45) is 7.84. The molecule has 2 fully saturated rings. The Kier molecular flexibility index (Phi) is 3.67. The van der Waals surface area contributed by atoms with Crippen LogP contribution in [0.3, 0.4) is 0 Å². The Bertz CT molecular complexity index is 450. The summed E-state index contributed by atoms with van der Waals surface area (Å²) in [7, 11) is 0. The summed E-state index contributed by atoms with van der Waals surface area (Å²) in [6.45, 7) is 2.71. The largest absolute Gasteiger partial charge is 0.369 e. The van der Waals surface area contributed by atoms with Gasteiger partial charge in [-0.05, 0) is 50.2 Å². The highest BCUT2D eigenvalue weighted by atomic mass is 16.2. The average molecular weight is 259 g/mol. The zero-order valence-corrected chi connectivity index (χ0v) is 11.3. The van der Waals surface area contributed by atoms with Gasteiger partial charge in [0, 0.05) is 25.8 Å². The quantitative estimate of drug-likeness (QED) is 0.903. The second-order valence-electron chi connectivity index (χ2n) is 5.58. The maximum Gasteiger partial charge on any atom is 0.257 e. The highest BCUT2D eigenvalue weighted by Gasteiger charge is 2.24. The molecule has 0 radical (unpaired) electrons. The zero-order chi connectivity index (χ0) is 13.1. The van der Waals surface area contributed by atoms with E-state index in [1.165, 1.54) is 19.3 Å². The van der Waals surface area contributed by atoms with E-state index < -0.39 is 0 Å². The number of amides is 1. The van der Waals surface area contributed by atoms with Gasteiger partial charge in [-0.15, -0.1) is 0 Å². The monoisotopic (exact) mass is 259 g/mol. The Balaban J connectivity index is 1.72. The predicted octanol–water partition coefficient (Wildman–Crippen LogP) is 2.53. The van der Waals surface area contributed by atoms with E-state index >= 15 is 0 Å². The number of hydrogen-bond donors (Lipinski definition) is 1. The predicted molar refractivity (Wildman–Crippen MR) is 75.2 cm³/mol. The van der Waals surface area contributed by atoms with Gasteiger partial charge in [0.15, 0.2) is 0 Å². The number of rotatable bonds is 4. The van der Waals surface area contributed by atoms with Gasteiger partial charge in [0.25, 0.3) is 5.91 Å². The number of nitrogens with one attached hydrogen (secondary N) is 1. The standard InChI is InChI=1S/C15H21N3O/c19-15(18-9-2-1-3-10-18)13-5-4-8-16-14(13)17-11-12-6-7-12/h4-5,8,12H,1-3,6-7,9-11H2,(H,16,17). The number of likely N-dealkylation sites (tertiary alicyclic amines) is 1. The van der Waals surface area contributed by atoms with Gasteiger partial charge in [-0.25, -0.2) is 4.98 Å². The van der Waals surface area contributed by atoms with E-state index in [1.54, 1.807) is 6.20 Å². The molecule has 1 saturated carbocycles. The van der Waals surface area contributed by atoms with Gasteiger partial charge in [-0.2, -0.15) is 0 Å². The summed E-state index contributed by atoms with van der Waals surface area (Å²) < 4.78 is 0. The molecule has 19 heavy (non-hydrogen) atoms. The smallest absolute Gasteiger partial charge is 0.257 e. The van der Waals surface area contributed by atoms with Gasteiger partial charge in [0.05, 0.1) is 5.56 Å². The average Bonchev–Trinajstić information content (AvgIpc) is 3.30. The summed E-state index contributed by atoms with van der Waals surface area (Å²) in [5, 5.41) is 3.34. The van der Waals surface area contributed by atoms with Crippen molar-refractivity contribution < 1.29 is 4.79 Å². The normalized spacial score (nSPS) is 19.3. The Morgan fingerprint density at radius 1 is 1.32 bits per heavy atom. The summed E-state index contributed by atoms with van der Waals surface area (Å²) >= 11 is 0. The molecule has 0 unspecified atom stereocenters. The first-order valence-corrected chi connectivity index (χ1v) is 7.33. The van der Waals surface area contributed by atoms with Crippen LogP contribution >= 0.6 is 0 Å². The molecule has 2 heterocycles. The van der Waals surface area contributed by atoms with Crippen molar-refractivity contribution in [2.45, 2.75) is 32.1 Å². The van der Waals surface area contributed by atoms with Gasteiger partial charge in [-0.1, -0.05) is 0 Å². The minimum absolute atomic E-state index is 0.131. The molecule has 4 heteroatoms. The van der Waals surface area contributed by atoms with E-state index in [4.69, 9.17) is 0 Å². The van der Waals surface area contributed by atoms with Crippen LogP contribution in [-0.4, -0.2) is 35.4 Å². The van der Waals surface area contributed by atoms with E-state index in [9.17, 15) is 4.79 Å². The second kappa shape index (κ2) is 5.59. The molecule has 0 spiro atoms. The molecule has 3 rings (SSSR count). The first-order chi connectivity index (χ1) is 9.34. The first kappa shape index (κ1) is 12.5. The number of pyridine rings is 1. The van der Waals surface area contributed by atoms with E-state index in [-0.39, 0.29) is 5.91 Å². The van der Waals surface area contributed by atoms with Crippen LogP contribution in [0.2, 0.25) is 0 Å². The lowest BCUT2D eigenvalue weighted by molar-refractivity contribution is 0.0725. The van der Waals surface area contributed by atoms with E-state index in [0.29, 0.717) is 0 Å². The molecule has 1 aromatic rings. The molecule has 1 saturated heterocycles. The van der Waals surface area contributed by atoms with Crippen LogP contribution < -0.4 is 5.32 Å². The fraction of sp³-hybridized carbons (Fsp3) is 0.600. The van der Waals surface area contributed by atoms with Crippen LogP contribution in [0.15, 0.2) is 18.3 Å². The molecule has 1 aliphatic heterocycles. The van der Waals surface area contributed by atoms with Crippen LogP contribution in [-0.2, 0) is 0 Å². The summed E-state index contributed by atoms with van der Waals surface area (Å²) in [5.41, 5.74) is 0.727. The van der Waals surface area contributed by atoms with Gasteiger partial charge >= 0.3 is 0 Å². The number of anilines is 1. The van der Waals surface area contributed by atoms with Crippen LogP contribution in [0.1, 0.15) is 42.5 Å². The Labute approximate surface area is 114 Å². The van der Waals surface area contributed by atoms with Crippen molar-refractivity contribution in [2.24, 2.45) is 5.92 Å². The molecule has 1 aromatic heterocycles. The zero-order valence-electron chi connectivity index (χ0n) is 11.3. The lowest BCUT2D eigenvalue weighted by Gasteiger charge is -2.27. The summed E-state index contributed by atoms with van der Waals surface area (Å²) in [4.78, 5) is 18.8. The fourth-order valence-corrected chi connectivity index (χ4v) is 2.55. The maximum atomic E-state index is 12.5. The molecule has 2 aliphatic rings. The fourth-order valence-electron chi connectivity index (χ4n) is 2.55. The topological polar surface area (TPSA) is 45.2 Å². The van der Waals surface area contributed by atoms with Gasteiger partial charge in [0.1, 0.15) is 5.82 Å². The highest BCUT2D eigenvalue weighted by Crippen LogP contribution is 2.29. The molecular weight excluding hydrogens is 238 g/mol. The van der Waals surface area contributed by atoms with Crippen molar-refractivity contribution in [2.75, 3.05) is 25.0 Å². The first-order valence-electron chi connectivity index (χ1n) is 7.33. The van der Waals surface area contributed by atoms with E-state index in [2.05, 4.69) is 10.3 Å². The van der Waals surface area contributed by atoms with Crippen LogP contribution in [0, 0.1) is 5.92 Å². The van der Waals surface area contributed by atoms with Crippen molar-refractivity contribution in [3.05, 3.63) is 23.9 Å². The van der Waals surface area contributed by atoms with Crippen molar-refractivity contribution in [3.63, 3.8) is 0 Å². The number of aromatic nitrogens is 1. The third kappa shape index (κ3) is 3.06. The molecule has 1 N–H and O–H groups in total. The summed E-state index contributed by atoms with van der Waals surface area (Å²) in [6, 6.07) is 3.73. The lowest BCUT2D eigenvalue weighted by atomic mass is 10.1. The number of carbonyl (C=O) groups excluding carboxylic acids is 1. The molecule has 4 nitrogen and oxygen atoms in total.